The average Bonchev–Trinajstić information content (AvgIpc) is 3.00. The average molecular weight is 593 g/mol. The number of esters is 1. The molecule has 0 saturated carbocycles. The zero-order valence-corrected chi connectivity index (χ0v) is 29.5. The van der Waals surface area contributed by atoms with Crippen molar-refractivity contribution in [2.24, 2.45) is 0 Å². The van der Waals surface area contributed by atoms with Crippen LogP contribution < -0.4 is 0 Å². The Morgan fingerprint density at radius 3 is 0.786 bits per heavy atom. The van der Waals surface area contributed by atoms with Crippen LogP contribution in [0.25, 0.3) is 0 Å². The minimum atomic E-state index is 0.0255. The van der Waals surface area contributed by atoms with Crippen LogP contribution in [0.2, 0.25) is 0 Å². The van der Waals surface area contributed by atoms with Gasteiger partial charge in [0.15, 0.2) is 0 Å². The molecule has 0 aromatic rings. The fraction of sp³-hybridized carbons (Fsp3) is 0.975. The first kappa shape index (κ1) is 41.5. The van der Waals surface area contributed by atoms with Gasteiger partial charge >= 0.3 is 5.97 Å². The van der Waals surface area contributed by atoms with Crippen LogP contribution >= 0.6 is 0 Å². The fourth-order valence-corrected chi connectivity index (χ4v) is 6.26. The molecule has 0 radical (unpaired) electrons. The molecule has 0 fully saturated rings. The van der Waals surface area contributed by atoms with Crippen LogP contribution in [0.5, 0.6) is 0 Å². The lowest BCUT2D eigenvalue weighted by Crippen LogP contribution is -2.05. The number of ether oxygens (including phenoxy) is 1. The van der Waals surface area contributed by atoms with Crippen molar-refractivity contribution in [2.45, 2.75) is 245 Å². The van der Waals surface area contributed by atoms with Crippen LogP contribution in [0.1, 0.15) is 245 Å². The van der Waals surface area contributed by atoms with Gasteiger partial charge in [-0.25, -0.2) is 0 Å². The summed E-state index contributed by atoms with van der Waals surface area (Å²) in [7, 11) is 0. The van der Waals surface area contributed by atoms with Crippen molar-refractivity contribution in [2.75, 3.05) is 6.61 Å². The van der Waals surface area contributed by atoms with Crippen molar-refractivity contribution in [3.8, 4) is 0 Å². The van der Waals surface area contributed by atoms with E-state index in [4.69, 9.17) is 4.74 Å². The van der Waals surface area contributed by atoms with Gasteiger partial charge in [0.1, 0.15) is 0 Å². The second-order valence-electron chi connectivity index (χ2n) is 13.6. The summed E-state index contributed by atoms with van der Waals surface area (Å²) in [5.74, 6) is 0.0255. The molecule has 0 amide bonds. The lowest BCUT2D eigenvalue weighted by atomic mass is 10.0. The summed E-state index contributed by atoms with van der Waals surface area (Å²) in [6.07, 6.45) is 49.2. The lowest BCUT2D eigenvalue weighted by Gasteiger charge is -2.06. The summed E-state index contributed by atoms with van der Waals surface area (Å²) >= 11 is 0. The van der Waals surface area contributed by atoms with Crippen molar-refractivity contribution in [1.29, 1.82) is 0 Å². The molecule has 0 N–H and O–H groups in total. The van der Waals surface area contributed by atoms with E-state index in [2.05, 4.69) is 13.8 Å². The van der Waals surface area contributed by atoms with Crippen LogP contribution in [0.3, 0.4) is 0 Å². The predicted molar refractivity (Wildman–Crippen MR) is 189 cm³/mol. The van der Waals surface area contributed by atoms with Crippen LogP contribution in [0, 0.1) is 0 Å². The lowest BCUT2D eigenvalue weighted by molar-refractivity contribution is -0.143. The third-order valence-corrected chi connectivity index (χ3v) is 9.25. The van der Waals surface area contributed by atoms with E-state index in [-0.39, 0.29) is 5.97 Å². The van der Waals surface area contributed by atoms with Crippen molar-refractivity contribution >= 4 is 5.97 Å². The van der Waals surface area contributed by atoms with Crippen LogP contribution in [-0.4, -0.2) is 12.6 Å². The third-order valence-electron chi connectivity index (χ3n) is 9.25. The highest BCUT2D eigenvalue weighted by Gasteiger charge is 2.03. The van der Waals surface area contributed by atoms with E-state index in [1.807, 2.05) is 0 Å². The Balaban J connectivity index is 3.11. The van der Waals surface area contributed by atoms with Gasteiger partial charge in [-0.15, -0.1) is 0 Å². The molecule has 0 aliphatic rings. The van der Waals surface area contributed by atoms with Gasteiger partial charge in [0.2, 0.25) is 0 Å². The highest BCUT2D eigenvalue weighted by Crippen LogP contribution is 2.16. The maximum atomic E-state index is 11.9. The summed E-state index contributed by atoms with van der Waals surface area (Å²) in [6, 6.07) is 0. The zero-order valence-electron chi connectivity index (χ0n) is 29.5. The minimum Gasteiger partial charge on any atom is -0.466 e. The van der Waals surface area contributed by atoms with E-state index in [0.29, 0.717) is 13.0 Å². The van der Waals surface area contributed by atoms with Crippen molar-refractivity contribution in [1.82, 2.24) is 0 Å². The standard InChI is InChI=1S/C40H80O2/c1-3-5-7-9-11-13-14-15-16-17-18-19-20-21-22-23-24-25-26-27-28-29-30-31-32-34-36-38-40(41)42-39-37-35-33-12-10-8-6-4-2/h3-39H2,1-2H3. The summed E-state index contributed by atoms with van der Waals surface area (Å²) in [5.41, 5.74) is 0. The topological polar surface area (TPSA) is 26.3 Å². The van der Waals surface area contributed by atoms with Gasteiger partial charge < -0.3 is 4.74 Å². The predicted octanol–water partition coefficient (Wildman–Crippen LogP) is 14.6. The summed E-state index contributed by atoms with van der Waals surface area (Å²) in [4.78, 5) is 11.9. The Morgan fingerprint density at radius 2 is 0.524 bits per heavy atom. The Morgan fingerprint density at radius 1 is 0.310 bits per heavy atom. The Labute approximate surface area is 266 Å². The molecule has 0 saturated heterocycles. The number of unbranched alkanes of at least 4 members (excludes halogenated alkanes) is 33. The van der Waals surface area contributed by atoms with Crippen molar-refractivity contribution < 1.29 is 9.53 Å². The molecular weight excluding hydrogens is 512 g/mol. The molecule has 42 heavy (non-hydrogen) atoms. The Hall–Kier alpha value is -0.530. The maximum Gasteiger partial charge on any atom is 0.305 e. The molecule has 0 aliphatic carbocycles. The van der Waals surface area contributed by atoms with Gasteiger partial charge in [0.05, 0.1) is 6.61 Å². The van der Waals surface area contributed by atoms with Gasteiger partial charge in [0.25, 0.3) is 0 Å². The summed E-state index contributed by atoms with van der Waals surface area (Å²) < 4.78 is 5.41. The van der Waals surface area contributed by atoms with Gasteiger partial charge in [0, 0.05) is 6.42 Å². The number of hydrogen-bond donors (Lipinski definition) is 0. The van der Waals surface area contributed by atoms with E-state index < -0.39 is 0 Å². The molecule has 2 nitrogen and oxygen atoms in total. The van der Waals surface area contributed by atoms with Gasteiger partial charge in [-0.05, 0) is 12.8 Å². The maximum absolute atomic E-state index is 11.9. The number of hydrogen-bond acceptors (Lipinski definition) is 2. The Bertz CT molecular complexity index is 488. The summed E-state index contributed by atoms with van der Waals surface area (Å²) in [5, 5.41) is 0. The molecule has 2 heteroatoms. The van der Waals surface area contributed by atoms with Gasteiger partial charge in [-0.2, -0.15) is 0 Å². The number of carbonyl (C=O) groups is 1. The highest BCUT2D eigenvalue weighted by atomic mass is 16.5. The first-order valence-corrected chi connectivity index (χ1v) is 20.0. The van der Waals surface area contributed by atoms with E-state index in [0.717, 1.165) is 12.8 Å². The molecule has 0 spiro atoms. The SMILES string of the molecule is CCCCCCCCCCCCCCCCCCCCCCCCCCCCCC(=O)OCCCCCCCCCC. The molecule has 0 heterocycles. The molecule has 252 valence electrons. The highest BCUT2D eigenvalue weighted by molar-refractivity contribution is 5.69. The zero-order chi connectivity index (χ0) is 30.4. The second-order valence-corrected chi connectivity index (χ2v) is 13.6. The van der Waals surface area contributed by atoms with E-state index in [1.54, 1.807) is 0 Å². The van der Waals surface area contributed by atoms with Crippen molar-refractivity contribution in [3.05, 3.63) is 0 Å². The van der Waals surface area contributed by atoms with Gasteiger partial charge in [-0.1, -0.05) is 226 Å². The van der Waals surface area contributed by atoms with E-state index >= 15 is 0 Å². The first-order valence-electron chi connectivity index (χ1n) is 20.0. The molecular formula is C40H80O2. The summed E-state index contributed by atoms with van der Waals surface area (Å²) in [6.45, 7) is 5.20. The number of rotatable bonds is 37. The normalized spacial score (nSPS) is 11.4. The quantitative estimate of drug-likeness (QED) is 0.0529. The molecule has 0 rings (SSSR count). The molecule has 0 atom stereocenters. The monoisotopic (exact) mass is 593 g/mol. The smallest absolute Gasteiger partial charge is 0.305 e. The van der Waals surface area contributed by atoms with Crippen LogP contribution in [-0.2, 0) is 9.53 Å². The molecule has 0 bridgehead atoms. The molecule has 0 unspecified atom stereocenters. The first-order chi connectivity index (χ1) is 20.8. The molecule has 0 aromatic heterocycles. The van der Waals surface area contributed by atoms with Crippen molar-refractivity contribution in [3.63, 3.8) is 0 Å². The second kappa shape index (κ2) is 38.5. The van der Waals surface area contributed by atoms with Crippen LogP contribution in [0.15, 0.2) is 0 Å². The van der Waals surface area contributed by atoms with E-state index in [1.165, 1.54) is 212 Å². The van der Waals surface area contributed by atoms with Crippen LogP contribution in [0.4, 0.5) is 0 Å². The molecule has 0 aromatic carbocycles. The largest absolute Gasteiger partial charge is 0.466 e. The third kappa shape index (κ3) is 37.5. The minimum absolute atomic E-state index is 0.0255. The molecule has 0 aliphatic heterocycles. The Kier molecular flexibility index (Phi) is 38.0. The number of carbonyl (C=O) groups excluding carboxylic acids is 1. The van der Waals surface area contributed by atoms with Gasteiger partial charge in [-0.3, -0.25) is 4.79 Å². The fourth-order valence-electron chi connectivity index (χ4n) is 6.26. The van der Waals surface area contributed by atoms with E-state index in [9.17, 15) is 4.79 Å².